The Bertz CT molecular complexity index is 561. The van der Waals surface area contributed by atoms with Crippen LogP contribution >= 0.6 is 0 Å². The molecule has 21 heavy (non-hydrogen) atoms. The van der Waals surface area contributed by atoms with Crippen LogP contribution in [0.5, 0.6) is 0 Å². The minimum atomic E-state index is -0.494. The molecule has 6 nitrogen and oxygen atoms in total. The monoisotopic (exact) mass is 288 g/mol. The van der Waals surface area contributed by atoms with Crippen LogP contribution in [-0.2, 0) is 16.0 Å². The number of esters is 1. The average molecular weight is 288 g/mol. The zero-order valence-corrected chi connectivity index (χ0v) is 12.5. The van der Waals surface area contributed by atoms with Gasteiger partial charge in [-0.05, 0) is 32.8 Å². The standard InChI is InChI=1S/C15H20N4O2/c1-15(2,3)21-13(20)10-12(14-16-18-19-17-14)9-11-7-5-4-6-8-11/h4-8,12H,9-10H2,1-3H3,(H,16,17,18,19)/t12-/m0/s1. The lowest BCUT2D eigenvalue weighted by molar-refractivity contribution is -0.155. The van der Waals surface area contributed by atoms with Gasteiger partial charge in [-0.3, -0.25) is 4.79 Å². The van der Waals surface area contributed by atoms with Gasteiger partial charge in [-0.15, -0.1) is 10.2 Å². The van der Waals surface area contributed by atoms with Gasteiger partial charge in [-0.1, -0.05) is 35.5 Å². The summed E-state index contributed by atoms with van der Waals surface area (Å²) in [7, 11) is 0. The van der Waals surface area contributed by atoms with Gasteiger partial charge in [0, 0.05) is 5.92 Å². The number of carbonyl (C=O) groups is 1. The average Bonchev–Trinajstić information content (AvgIpc) is 2.90. The fourth-order valence-corrected chi connectivity index (χ4v) is 2.08. The van der Waals surface area contributed by atoms with Crippen molar-refractivity contribution in [3.8, 4) is 0 Å². The summed E-state index contributed by atoms with van der Waals surface area (Å²) in [5.41, 5.74) is 0.627. The van der Waals surface area contributed by atoms with E-state index in [0.717, 1.165) is 5.56 Å². The van der Waals surface area contributed by atoms with E-state index in [-0.39, 0.29) is 18.3 Å². The molecule has 1 aromatic carbocycles. The Kier molecular flexibility index (Phi) is 4.67. The maximum atomic E-state index is 12.0. The Morgan fingerprint density at radius 2 is 2.00 bits per heavy atom. The molecule has 0 fully saturated rings. The smallest absolute Gasteiger partial charge is 0.307 e. The summed E-state index contributed by atoms with van der Waals surface area (Å²) in [5.74, 6) is 0.124. The molecule has 0 bridgehead atoms. The second-order valence-electron chi connectivity index (χ2n) is 5.95. The molecule has 0 unspecified atom stereocenters. The molecule has 2 rings (SSSR count). The summed E-state index contributed by atoms with van der Waals surface area (Å²) in [6.07, 6.45) is 0.894. The number of carbonyl (C=O) groups excluding carboxylic acids is 1. The van der Waals surface area contributed by atoms with Gasteiger partial charge in [-0.2, -0.15) is 5.21 Å². The number of H-pyrrole nitrogens is 1. The topological polar surface area (TPSA) is 80.8 Å². The lowest BCUT2D eigenvalue weighted by Gasteiger charge is -2.21. The van der Waals surface area contributed by atoms with Crippen LogP contribution in [-0.4, -0.2) is 32.2 Å². The summed E-state index contributed by atoms with van der Waals surface area (Å²) in [6, 6.07) is 9.93. The lowest BCUT2D eigenvalue weighted by atomic mass is 9.95. The fourth-order valence-electron chi connectivity index (χ4n) is 2.08. The third-order valence-corrected chi connectivity index (χ3v) is 2.88. The van der Waals surface area contributed by atoms with Gasteiger partial charge in [0.05, 0.1) is 6.42 Å². The van der Waals surface area contributed by atoms with Gasteiger partial charge in [0.15, 0.2) is 5.82 Å². The summed E-state index contributed by atoms with van der Waals surface area (Å²) >= 11 is 0. The highest BCUT2D eigenvalue weighted by Crippen LogP contribution is 2.22. The Morgan fingerprint density at radius 3 is 2.57 bits per heavy atom. The third-order valence-electron chi connectivity index (χ3n) is 2.88. The number of ether oxygens (including phenoxy) is 1. The Hall–Kier alpha value is -2.24. The number of tetrazole rings is 1. The molecular formula is C15H20N4O2. The van der Waals surface area contributed by atoms with E-state index in [0.29, 0.717) is 12.2 Å². The van der Waals surface area contributed by atoms with Crippen molar-refractivity contribution in [2.24, 2.45) is 0 Å². The summed E-state index contributed by atoms with van der Waals surface area (Å²) in [5, 5.41) is 14.0. The predicted octanol–water partition coefficient (Wildman–Crippen LogP) is 2.26. The first-order valence-corrected chi connectivity index (χ1v) is 6.93. The zero-order valence-electron chi connectivity index (χ0n) is 12.5. The molecule has 0 amide bonds. The summed E-state index contributed by atoms with van der Waals surface area (Å²) < 4.78 is 5.38. The number of hydrogen-bond donors (Lipinski definition) is 1. The Morgan fingerprint density at radius 1 is 1.29 bits per heavy atom. The molecule has 0 aliphatic rings. The maximum Gasteiger partial charge on any atom is 0.307 e. The van der Waals surface area contributed by atoms with Crippen molar-refractivity contribution in [3.63, 3.8) is 0 Å². The highest BCUT2D eigenvalue weighted by atomic mass is 16.6. The molecule has 0 spiro atoms. The molecule has 0 saturated heterocycles. The van der Waals surface area contributed by atoms with E-state index in [9.17, 15) is 4.79 Å². The Balaban J connectivity index is 2.08. The molecule has 1 heterocycles. The molecule has 1 atom stereocenters. The first kappa shape index (κ1) is 15.2. The van der Waals surface area contributed by atoms with Gasteiger partial charge < -0.3 is 4.74 Å². The molecule has 1 aromatic heterocycles. The first-order valence-electron chi connectivity index (χ1n) is 6.93. The number of aromatic amines is 1. The van der Waals surface area contributed by atoms with Crippen molar-refractivity contribution in [2.45, 2.75) is 45.1 Å². The summed E-state index contributed by atoms with van der Waals surface area (Å²) in [6.45, 7) is 5.56. The Labute approximate surface area is 123 Å². The highest BCUT2D eigenvalue weighted by molar-refractivity contribution is 5.70. The largest absolute Gasteiger partial charge is 0.460 e. The molecule has 112 valence electrons. The van der Waals surface area contributed by atoms with Crippen LogP contribution in [0.15, 0.2) is 30.3 Å². The van der Waals surface area contributed by atoms with Crippen molar-refractivity contribution in [1.29, 1.82) is 0 Å². The lowest BCUT2D eigenvalue weighted by Crippen LogP contribution is -2.25. The predicted molar refractivity (Wildman–Crippen MR) is 77.5 cm³/mol. The molecular weight excluding hydrogens is 268 g/mol. The van der Waals surface area contributed by atoms with Gasteiger partial charge in [-0.25, -0.2) is 0 Å². The van der Waals surface area contributed by atoms with E-state index in [1.807, 2.05) is 51.1 Å². The van der Waals surface area contributed by atoms with Gasteiger partial charge in [0.25, 0.3) is 0 Å². The molecule has 0 aliphatic heterocycles. The number of nitrogens with one attached hydrogen (secondary N) is 1. The third kappa shape index (κ3) is 4.98. The van der Waals surface area contributed by atoms with Crippen LogP contribution < -0.4 is 0 Å². The van der Waals surface area contributed by atoms with Crippen molar-refractivity contribution >= 4 is 5.97 Å². The van der Waals surface area contributed by atoms with E-state index in [4.69, 9.17) is 4.74 Å². The number of aromatic nitrogens is 4. The molecule has 0 saturated carbocycles. The SMILES string of the molecule is CC(C)(C)OC(=O)C[C@H](Cc1ccccc1)c1nn[nH]n1. The van der Waals surface area contributed by atoms with Crippen molar-refractivity contribution in [1.82, 2.24) is 20.6 Å². The number of hydrogen-bond acceptors (Lipinski definition) is 5. The molecule has 0 aliphatic carbocycles. The van der Waals surface area contributed by atoms with Crippen LogP contribution in [0.3, 0.4) is 0 Å². The second-order valence-corrected chi connectivity index (χ2v) is 5.95. The van der Waals surface area contributed by atoms with Crippen molar-refractivity contribution < 1.29 is 9.53 Å². The van der Waals surface area contributed by atoms with Crippen LogP contribution in [0.25, 0.3) is 0 Å². The first-order chi connectivity index (χ1) is 9.94. The van der Waals surface area contributed by atoms with E-state index < -0.39 is 5.60 Å². The quantitative estimate of drug-likeness (QED) is 0.853. The molecule has 0 radical (unpaired) electrons. The molecule has 1 N–H and O–H groups in total. The van der Waals surface area contributed by atoms with Gasteiger partial charge >= 0.3 is 5.97 Å². The van der Waals surface area contributed by atoms with E-state index in [1.165, 1.54) is 0 Å². The minimum absolute atomic E-state index is 0.152. The van der Waals surface area contributed by atoms with Crippen molar-refractivity contribution in [3.05, 3.63) is 41.7 Å². The van der Waals surface area contributed by atoms with Gasteiger partial charge in [0.2, 0.25) is 0 Å². The maximum absolute atomic E-state index is 12.0. The normalized spacial score (nSPS) is 12.9. The van der Waals surface area contributed by atoms with Crippen molar-refractivity contribution in [2.75, 3.05) is 0 Å². The number of benzene rings is 1. The second kappa shape index (κ2) is 6.47. The highest BCUT2D eigenvalue weighted by Gasteiger charge is 2.24. The molecule has 6 heteroatoms. The number of nitrogens with zero attached hydrogens (tertiary/aromatic N) is 3. The van der Waals surface area contributed by atoms with Gasteiger partial charge in [0.1, 0.15) is 5.60 Å². The fraction of sp³-hybridized carbons (Fsp3) is 0.467. The molecule has 2 aromatic rings. The number of rotatable bonds is 5. The summed E-state index contributed by atoms with van der Waals surface area (Å²) in [4.78, 5) is 12.0. The van der Waals surface area contributed by atoms with E-state index in [2.05, 4.69) is 20.6 Å². The van der Waals surface area contributed by atoms with Crippen LogP contribution in [0.4, 0.5) is 0 Å². The zero-order chi connectivity index (χ0) is 15.3. The van der Waals surface area contributed by atoms with E-state index in [1.54, 1.807) is 0 Å². The minimum Gasteiger partial charge on any atom is -0.460 e. The van der Waals surface area contributed by atoms with Crippen LogP contribution in [0, 0.1) is 0 Å². The van der Waals surface area contributed by atoms with Crippen LogP contribution in [0.1, 0.15) is 44.5 Å². The van der Waals surface area contributed by atoms with Crippen LogP contribution in [0.2, 0.25) is 0 Å². The van der Waals surface area contributed by atoms with E-state index >= 15 is 0 Å².